The Labute approximate surface area is 133 Å². The van der Waals surface area contributed by atoms with Gasteiger partial charge in [0, 0.05) is 17.8 Å². The molecule has 0 fully saturated rings. The fraction of sp³-hybridized carbons (Fsp3) is 0.500. The lowest BCUT2D eigenvalue weighted by Gasteiger charge is -2.15. The summed E-state index contributed by atoms with van der Waals surface area (Å²) in [5, 5.41) is 10.8. The lowest BCUT2D eigenvalue weighted by atomic mass is 10.0. The van der Waals surface area contributed by atoms with Gasteiger partial charge in [-0.05, 0) is 43.5 Å². The molecule has 0 atom stereocenters. The topological polar surface area (TPSA) is 49.9 Å². The number of aromatic nitrogens is 2. The van der Waals surface area contributed by atoms with E-state index in [1.165, 1.54) is 16.7 Å². The predicted octanol–water partition coefficient (Wildman–Crippen LogP) is 3.84. The maximum atomic E-state index is 6.09. The monoisotopic (exact) mass is 301 g/mol. The van der Waals surface area contributed by atoms with Crippen LogP contribution >= 0.6 is 0 Å². The van der Waals surface area contributed by atoms with Crippen LogP contribution in [0.4, 0.5) is 0 Å². The van der Waals surface area contributed by atoms with Crippen molar-refractivity contribution >= 4 is 0 Å². The second kappa shape index (κ2) is 7.45. The Hall–Kier alpha value is -1.81. The number of benzene rings is 1. The summed E-state index contributed by atoms with van der Waals surface area (Å²) < 4.78 is 6.09. The van der Waals surface area contributed by atoms with Crippen LogP contribution in [-0.2, 0) is 13.2 Å². The number of hydrogen-bond acceptors (Lipinski definition) is 3. The Morgan fingerprint density at radius 1 is 1.27 bits per heavy atom. The van der Waals surface area contributed by atoms with Crippen LogP contribution in [0.2, 0.25) is 0 Å². The minimum absolute atomic E-state index is 0.442. The fourth-order valence-corrected chi connectivity index (χ4v) is 2.50. The van der Waals surface area contributed by atoms with Crippen molar-refractivity contribution in [3.05, 3.63) is 46.3 Å². The van der Waals surface area contributed by atoms with Crippen LogP contribution in [0.3, 0.4) is 0 Å². The van der Waals surface area contributed by atoms with Gasteiger partial charge < -0.3 is 10.1 Å². The molecular formula is C18H27N3O. The SMILES string of the molecule is CCNCc1c(COc2cc(C)ccc2C(C)C)n[nH]c1C. The molecule has 0 spiro atoms. The van der Waals surface area contributed by atoms with Gasteiger partial charge in [-0.25, -0.2) is 0 Å². The van der Waals surface area contributed by atoms with Crippen LogP contribution in [0, 0.1) is 13.8 Å². The zero-order valence-electron chi connectivity index (χ0n) is 14.3. The number of rotatable bonds is 7. The normalized spacial score (nSPS) is 11.2. The average Bonchev–Trinajstić information content (AvgIpc) is 2.83. The van der Waals surface area contributed by atoms with Gasteiger partial charge in [0.2, 0.25) is 0 Å². The number of aryl methyl sites for hydroxylation is 2. The van der Waals surface area contributed by atoms with Crippen LogP contribution in [0.1, 0.15) is 54.8 Å². The molecule has 0 amide bonds. The van der Waals surface area contributed by atoms with Crippen molar-refractivity contribution in [3.63, 3.8) is 0 Å². The van der Waals surface area contributed by atoms with Crippen molar-refractivity contribution in [2.45, 2.75) is 53.7 Å². The van der Waals surface area contributed by atoms with E-state index in [9.17, 15) is 0 Å². The minimum atomic E-state index is 0.442. The van der Waals surface area contributed by atoms with E-state index in [0.29, 0.717) is 12.5 Å². The zero-order valence-corrected chi connectivity index (χ0v) is 14.3. The van der Waals surface area contributed by atoms with Gasteiger partial charge in [0.25, 0.3) is 0 Å². The lowest BCUT2D eigenvalue weighted by Crippen LogP contribution is -2.14. The lowest BCUT2D eigenvalue weighted by molar-refractivity contribution is 0.295. The van der Waals surface area contributed by atoms with Crippen molar-refractivity contribution in [3.8, 4) is 5.75 Å². The molecule has 1 aromatic heterocycles. The largest absolute Gasteiger partial charge is 0.487 e. The summed E-state index contributed by atoms with van der Waals surface area (Å²) in [7, 11) is 0. The molecule has 2 aromatic rings. The Bertz CT molecular complexity index is 617. The quantitative estimate of drug-likeness (QED) is 0.817. The summed E-state index contributed by atoms with van der Waals surface area (Å²) in [6, 6.07) is 6.40. The molecule has 0 unspecified atom stereocenters. The van der Waals surface area contributed by atoms with Crippen molar-refractivity contribution in [1.29, 1.82) is 0 Å². The first-order valence-electron chi connectivity index (χ1n) is 7.99. The van der Waals surface area contributed by atoms with Crippen LogP contribution in [-0.4, -0.2) is 16.7 Å². The standard InChI is InChI=1S/C18H27N3O/c1-6-19-10-16-14(5)20-21-17(16)11-22-18-9-13(4)7-8-15(18)12(2)3/h7-9,12,19H,6,10-11H2,1-5H3,(H,20,21). The molecule has 0 aliphatic carbocycles. The highest BCUT2D eigenvalue weighted by molar-refractivity contribution is 5.39. The maximum absolute atomic E-state index is 6.09. The van der Waals surface area contributed by atoms with Crippen molar-refractivity contribution in [1.82, 2.24) is 15.5 Å². The van der Waals surface area contributed by atoms with Gasteiger partial charge in [-0.1, -0.05) is 32.9 Å². The van der Waals surface area contributed by atoms with E-state index in [0.717, 1.165) is 30.2 Å². The molecule has 0 aliphatic heterocycles. The van der Waals surface area contributed by atoms with Gasteiger partial charge in [-0.3, -0.25) is 5.10 Å². The number of hydrogen-bond donors (Lipinski definition) is 2. The van der Waals surface area contributed by atoms with Gasteiger partial charge in [-0.2, -0.15) is 5.10 Å². The second-order valence-electron chi connectivity index (χ2n) is 6.04. The molecule has 1 aromatic carbocycles. The van der Waals surface area contributed by atoms with Crippen molar-refractivity contribution in [2.75, 3.05) is 6.54 Å². The van der Waals surface area contributed by atoms with Gasteiger partial charge in [-0.15, -0.1) is 0 Å². The summed E-state index contributed by atoms with van der Waals surface area (Å²) in [6.45, 7) is 12.9. The van der Waals surface area contributed by atoms with Crippen LogP contribution in [0.5, 0.6) is 5.75 Å². The first-order chi connectivity index (χ1) is 10.5. The third-order valence-electron chi connectivity index (χ3n) is 3.87. The minimum Gasteiger partial charge on any atom is -0.487 e. The first-order valence-corrected chi connectivity index (χ1v) is 7.99. The number of nitrogens with zero attached hydrogens (tertiary/aromatic N) is 1. The van der Waals surface area contributed by atoms with Crippen LogP contribution < -0.4 is 10.1 Å². The molecule has 4 heteroatoms. The van der Waals surface area contributed by atoms with E-state index >= 15 is 0 Å². The molecule has 2 rings (SSSR count). The van der Waals surface area contributed by atoms with Gasteiger partial charge in [0.1, 0.15) is 18.1 Å². The van der Waals surface area contributed by atoms with Gasteiger partial charge in [0.05, 0.1) is 0 Å². The average molecular weight is 301 g/mol. The van der Waals surface area contributed by atoms with E-state index < -0.39 is 0 Å². The molecule has 1 heterocycles. The molecule has 0 bridgehead atoms. The Kier molecular flexibility index (Phi) is 5.61. The molecule has 0 radical (unpaired) electrons. The Morgan fingerprint density at radius 3 is 2.73 bits per heavy atom. The third kappa shape index (κ3) is 3.89. The van der Waals surface area contributed by atoms with E-state index in [1.54, 1.807) is 0 Å². The molecule has 0 saturated heterocycles. The molecule has 0 aliphatic rings. The zero-order chi connectivity index (χ0) is 16.1. The van der Waals surface area contributed by atoms with Crippen molar-refractivity contribution < 1.29 is 4.74 Å². The molecule has 120 valence electrons. The van der Waals surface area contributed by atoms with Gasteiger partial charge >= 0.3 is 0 Å². The third-order valence-corrected chi connectivity index (χ3v) is 3.87. The number of nitrogens with one attached hydrogen (secondary N) is 2. The Balaban J connectivity index is 2.15. The Morgan fingerprint density at radius 2 is 2.05 bits per heavy atom. The predicted molar refractivity (Wildman–Crippen MR) is 90.3 cm³/mol. The van der Waals surface area contributed by atoms with E-state index in [1.807, 2.05) is 0 Å². The second-order valence-corrected chi connectivity index (χ2v) is 6.04. The molecule has 22 heavy (non-hydrogen) atoms. The number of aromatic amines is 1. The summed E-state index contributed by atoms with van der Waals surface area (Å²) in [5.41, 5.74) is 5.75. The molecule has 0 saturated carbocycles. The maximum Gasteiger partial charge on any atom is 0.132 e. The van der Waals surface area contributed by atoms with Crippen molar-refractivity contribution in [2.24, 2.45) is 0 Å². The van der Waals surface area contributed by atoms with Crippen LogP contribution in [0.25, 0.3) is 0 Å². The smallest absolute Gasteiger partial charge is 0.132 e. The highest BCUT2D eigenvalue weighted by Crippen LogP contribution is 2.28. The molecular weight excluding hydrogens is 274 g/mol. The van der Waals surface area contributed by atoms with Gasteiger partial charge in [0.15, 0.2) is 0 Å². The highest BCUT2D eigenvalue weighted by Gasteiger charge is 2.13. The van der Waals surface area contributed by atoms with E-state index in [-0.39, 0.29) is 0 Å². The summed E-state index contributed by atoms with van der Waals surface area (Å²) in [4.78, 5) is 0. The summed E-state index contributed by atoms with van der Waals surface area (Å²) in [6.07, 6.45) is 0. The summed E-state index contributed by atoms with van der Waals surface area (Å²) in [5.74, 6) is 1.41. The first kappa shape index (κ1) is 16.6. The van der Waals surface area contributed by atoms with E-state index in [2.05, 4.69) is 68.3 Å². The molecule has 4 nitrogen and oxygen atoms in total. The van der Waals surface area contributed by atoms with Crippen LogP contribution in [0.15, 0.2) is 18.2 Å². The van der Waals surface area contributed by atoms with E-state index in [4.69, 9.17) is 4.74 Å². The summed E-state index contributed by atoms with van der Waals surface area (Å²) >= 11 is 0. The number of ether oxygens (including phenoxy) is 1. The molecule has 2 N–H and O–H groups in total. The number of H-pyrrole nitrogens is 1. The fourth-order valence-electron chi connectivity index (χ4n) is 2.50. The highest BCUT2D eigenvalue weighted by atomic mass is 16.5.